The third-order valence-electron chi connectivity index (χ3n) is 2.96. The second-order valence-electron chi connectivity index (χ2n) is 4.40. The largest absolute Gasteiger partial charge is 0.341 e. The highest BCUT2D eigenvalue weighted by molar-refractivity contribution is 5.94. The summed E-state index contributed by atoms with van der Waals surface area (Å²) in [5.41, 5.74) is 0.584. The molecular formula is C15H14F2N2O. The van der Waals surface area contributed by atoms with Crippen LogP contribution in [0.5, 0.6) is 0 Å². The number of rotatable bonds is 4. The van der Waals surface area contributed by atoms with Gasteiger partial charge in [-0.2, -0.15) is 0 Å². The van der Waals surface area contributed by atoms with Crippen LogP contribution in [0.15, 0.2) is 42.6 Å². The maximum absolute atomic E-state index is 13.5. The molecule has 0 fully saturated rings. The summed E-state index contributed by atoms with van der Waals surface area (Å²) < 4.78 is 26.6. The van der Waals surface area contributed by atoms with Crippen LogP contribution < -0.4 is 0 Å². The zero-order valence-corrected chi connectivity index (χ0v) is 11.0. The van der Waals surface area contributed by atoms with Crippen molar-refractivity contribution in [3.05, 3.63) is 65.5 Å². The summed E-state index contributed by atoms with van der Waals surface area (Å²) in [4.78, 5) is 17.5. The van der Waals surface area contributed by atoms with Gasteiger partial charge >= 0.3 is 0 Å². The fourth-order valence-electron chi connectivity index (χ4n) is 1.80. The average molecular weight is 276 g/mol. The first-order chi connectivity index (χ1) is 9.59. The third-order valence-corrected chi connectivity index (χ3v) is 2.96. The molecule has 0 N–H and O–H groups in total. The van der Waals surface area contributed by atoms with Gasteiger partial charge in [-0.05, 0) is 24.3 Å². The molecular weight excluding hydrogens is 262 g/mol. The van der Waals surface area contributed by atoms with Crippen molar-refractivity contribution in [1.29, 1.82) is 0 Å². The van der Waals surface area contributed by atoms with Crippen molar-refractivity contribution in [2.24, 2.45) is 0 Å². The van der Waals surface area contributed by atoms with Crippen molar-refractivity contribution in [2.75, 3.05) is 13.6 Å². The van der Waals surface area contributed by atoms with Crippen LogP contribution in [0.3, 0.4) is 0 Å². The van der Waals surface area contributed by atoms with E-state index in [0.29, 0.717) is 13.0 Å². The molecule has 0 unspecified atom stereocenters. The lowest BCUT2D eigenvalue weighted by Crippen LogP contribution is -2.29. The smallest absolute Gasteiger partial charge is 0.256 e. The third kappa shape index (κ3) is 3.17. The van der Waals surface area contributed by atoms with Gasteiger partial charge in [-0.25, -0.2) is 8.78 Å². The minimum atomic E-state index is -1.11. The normalized spacial score (nSPS) is 10.3. The van der Waals surface area contributed by atoms with Crippen molar-refractivity contribution in [1.82, 2.24) is 9.88 Å². The fourth-order valence-corrected chi connectivity index (χ4v) is 1.80. The van der Waals surface area contributed by atoms with Crippen molar-refractivity contribution < 1.29 is 13.6 Å². The number of hydrogen-bond acceptors (Lipinski definition) is 2. The van der Waals surface area contributed by atoms with Crippen LogP contribution in [0.25, 0.3) is 0 Å². The molecule has 1 aromatic heterocycles. The Labute approximate surface area is 115 Å². The first kappa shape index (κ1) is 14.1. The van der Waals surface area contributed by atoms with Crippen molar-refractivity contribution in [2.45, 2.75) is 6.42 Å². The van der Waals surface area contributed by atoms with E-state index in [1.807, 2.05) is 12.1 Å². The maximum atomic E-state index is 13.5. The molecule has 1 amide bonds. The van der Waals surface area contributed by atoms with Gasteiger partial charge in [0.1, 0.15) is 0 Å². The topological polar surface area (TPSA) is 33.2 Å². The molecule has 0 spiro atoms. The van der Waals surface area contributed by atoms with Gasteiger partial charge in [-0.1, -0.05) is 12.1 Å². The Balaban J connectivity index is 2.04. The number of nitrogens with zero attached hydrogens (tertiary/aromatic N) is 2. The van der Waals surface area contributed by atoms with Crippen molar-refractivity contribution in [3.63, 3.8) is 0 Å². The first-order valence-electron chi connectivity index (χ1n) is 6.19. The number of benzene rings is 1. The van der Waals surface area contributed by atoms with E-state index in [1.165, 1.54) is 17.0 Å². The first-order valence-corrected chi connectivity index (χ1v) is 6.19. The van der Waals surface area contributed by atoms with Crippen LogP contribution in [0, 0.1) is 11.6 Å². The molecule has 2 rings (SSSR count). The van der Waals surface area contributed by atoms with Crippen molar-refractivity contribution >= 4 is 5.91 Å². The molecule has 2 aromatic rings. The summed E-state index contributed by atoms with van der Waals surface area (Å²) in [6.45, 7) is 0.381. The van der Waals surface area contributed by atoms with Gasteiger partial charge in [0.2, 0.25) is 0 Å². The summed E-state index contributed by atoms with van der Waals surface area (Å²) in [7, 11) is 1.55. The molecule has 0 saturated heterocycles. The van der Waals surface area contributed by atoms with E-state index in [0.717, 1.165) is 11.8 Å². The van der Waals surface area contributed by atoms with Gasteiger partial charge in [0.15, 0.2) is 11.6 Å². The molecule has 20 heavy (non-hydrogen) atoms. The Morgan fingerprint density at radius 2 is 2.00 bits per heavy atom. The standard InChI is InChI=1S/C15H14F2N2O/c1-19(10-8-11-5-2-3-9-18-11)15(20)12-6-4-7-13(16)14(12)17/h2-7,9H,8,10H2,1H3. The molecule has 0 aliphatic heterocycles. The number of aromatic nitrogens is 1. The van der Waals surface area contributed by atoms with Crippen LogP contribution >= 0.6 is 0 Å². The SMILES string of the molecule is CN(CCc1ccccn1)C(=O)c1cccc(F)c1F. The second kappa shape index (κ2) is 6.23. The summed E-state index contributed by atoms with van der Waals surface area (Å²) in [5.74, 6) is -2.67. The molecule has 0 saturated carbocycles. The lowest BCUT2D eigenvalue weighted by Gasteiger charge is -2.17. The van der Waals surface area contributed by atoms with Gasteiger partial charge in [0.25, 0.3) is 5.91 Å². The number of carbonyl (C=O) groups excluding carboxylic acids is 1. The Kier molecular flexibility index (Phi) is 4.40. The van der Waals surface area contributed by atoms with Crippen LogP contribution in [0.1, 0.15) is 16.1 Å². The van der Waals surface area contributed by atoms with E-state index in [2.05, 4.69) is 4.98 Å². The molecule has 1 aromatic carbocycles. The van der Waals surface area contributed by atoms with E-state index in [4.69, 9.17) is 0 Å². The second-order valence-corrected chi connectivity index (χ2v) is 4.40. The molecule has 1 heterocycles. The number of halogens is 2. The van der Waals surface area contributed by atoms with Crippen molar-refractivity contribution in [3.8, 4) is 0 Å². The maximum Gasteiger partial charge on any atom is 0.256 e. The number of pyridine rings is 1. The Morgan fingerprint density at radius 3 is 2.70 bits per heavy atom. The van der Waals surface area contributed by atoms with E-state index in [9.17, 15) is 13.6 Å². The minimum absolute atomic E-state index is 0.256. The summed E-state index contributed by atoms with van der Waals surface area (Å²) >= 11 is 0. The van der Waals surface area contributed by atoms with Gasteiger partial charge in [-0.3, -0.25) is 9.78 Å². The zero-order valence-electron chi connectivity index (χ0n) is 11.0. The summed E-state index contributed by atoms with van der Waals surface area (Å²) in [5, 5.41) is 0. The van der Waals surface area contributed by atoms with E-state index in [1.54, 1.807) is 19.3 Å². The Morgan fingerprint density at radius 1 is 1.20 bits per heavy atom. The highest BCUT2D eigenvalue weighted by Gasteiger charge is 2.18. The van der Waals surface area contributed by atoms with E-state index < -0.39 is 17.5 Å². The fraction of sp³-hybridized carbons (Fsp3) is 0.200. The highest BCUT2D eigenvalue weighted by Crippen LogP contribution is 2.13. The molecule has 0 atom stereocenters. The lowest BCUT2D eigenvalue weighted by atomic mass is 10.1. The van der Waals surface area contributed by atoms with E-state index in [-0.39, 0.29) is 5.56 Å². The molecule has 0 aliphatic carbocycles. The number of carbonyl (C=O) groups is 1. The molecule has 3 nitrogen and oxygen atoms in total. The number of likely N-dealkylation sites (N-methyl/N-ethyl adjacent to an activating group) is 1. The highest BCUT2D eigenvalue weighted by atomic mass is 19.2. The Bertz CT molecular complexity index is 602. The van der Waals surface area contributed by atoms with Gasteiger partial charge in [0.05, 0.1) is 5.56 Å². The minimum Gasteiger partial charge on any atom is -0.341 e. The van der Waals surface area contributed by atoms with Crippen LogP contribution in [-0.4, -0.2) is 29.4 Å². The van der Waals surface area contributed by atoms with Crippen LogP contribution in [0.4, 0.5) is 8.78 Å². The predicted octanol–water partition coefficient (Wildman–Crippen LogP) is 2.67. The van der Waals surface area contributed by atoms with Crippen LogP contribution in [-0.2, 0) is 6.42 Å². The zero-order chi connectivity index (χ0) is 14.5. The van der Waals surface area contributed by atoms with Gasteiger partial charge in [0, 0.05) is 31.9 Å². The molecule has 0 radical (unpaired) electrons. The average Bonchev–Trinajstić information content (AvgIpc) is 2.48. The monoisotopic (exact) mass is 276 g/mol. The molecule has 5 heteroatoms. The predicted molar refractivity (Wildman–Crippen MR) is 71.3 cm³/mol. The lowest BCUT2D eigenvalue weighted by molar-refractivity contribution is 0.0790. The van der Waals surface area contributed by atoms with E-state index >= 15 is 0 Å². The Hall–Kier alpha value is -2.30. The number of amides is 1. The van der Waals surface area contributed by atoms with Gasteiger partial charge < -0.3 is 4.90 Å². The molecule has 0 bridgehead atoms. The summed E-state index contributed by atoms with van der Waals surface area (Å²) in [6, 6.07) is 9.09. The van der Waals surface area contributed by atoms with Crippen LogP contribution in [0.2, 0.25) is 0 Å². The molecule has 104 valence electrons. The quantitative estimate of drug-likeness (QED) is 0.860. The molecule has 0 aliphatic rings. The van der Waals surface area contributed by atoms with Gasteiger partial charge in [-0.15, -0.1) is 0 Å². The summed E-state index contributed by atoms with van der Waals surface area (Å²) in [6.07, 6.45) is 2.23. The number of hydrogen-bond donors (Lipinski definition) is 0.